The van der Waals surface area contributed by atoms with Crippen LogP contribution in [0.4, 0.5) is 0 Å². The molecule has 0 radical (unpaired) electrons. The van der Waals surface area contributed by atoms with Gasteiger partial charge in [-0.15, -0.1) is 0 Å². The van der Waals surface area contributed by atoms with Crippen LogP contribution in [-0.4, -0.2) is 25.8 Å². The maximum Gasteiger partial charge on any atom is 0.0493 e. The summed E-state index contributed by atoms with van der Waals surface area (Å²) in [6.07, 6.45) is 6.91. The largest absolute Gasteiger partial charge is 0.384 e. The molecule has 1 aliphatic rings. The molecule has 0 heterocycles. The molecule has 102 valence electrons. The maximum absolute atomic E-state index is 5.39. The molecule has 0 aromatic heterocycles. The summed E-state index contributed by atoms with van der Waals surface area (Å²) in [7, 11) is 1.82. The lowest BCUT2D eigenvalue weighted by Gasteiger charge is -2.44. The molecule has 1 atom stereocenters. The summed E-state index contributed by atoms with van der Waals surface area (Å²) in [6, 6.07) is 0. The van der Waals surface area contributed by atoms with Crippen molar-refractivity contribution in [2.24, 2.45) is 11.3 Å². The Balaban J connectivity index is 2.64. The Labute approximate surface area is 108 Å². The van der Waals surface area contributed by atoms with Crippen LogP contribution in [0.15, 0.2) is 0 Å². The van der Waals surface area contributed by atoms with Crippen LogP contribution in [0.25, 0.3) is 0 Å². The van der Waals surface area contributed by atoms with Crippen LogP contribution in [0.1, 0.15) is 59.8 Å². The van der Waals surface area contributed by atoms with Crippen molar-refractivity contribution in [1.82, 2.24) is 5.32 Å². The Morgan fingerprint density at radius 2 is 1.76 bits per heavy atom. The number of ether oxygens (including phenoxy) is 1. The molecule has 0 saturated heterocycles. The van der Waals surface area contributed by atoms with Crippen molar-refractivity contribution < 1.29 is 4.74 Å². The first kappa shape index (κ1) is 15.0. The highest BCUT2D eigenvalue weighted by Gasteiger charge is 2.37. The lowest BCUT2D eigenvalue weighted by atomic mass is 9.66. The van der Waals surface area contributed by atoms with E-state index in [9.17, 15) is 0 Å². The predicted molar refractivity (Wildman–Crippen MR) is 74.3 cm³/mol. The summed E-state index contributed by atoms with van der Waals surface area (Å²) in [5, 5.41) is 3.72. The Hall–Kier alpha value is -0.0800. The summed E-state index contributed by atoms with van der Waals surface area (Å²) < 4.78 is 5.39. The lowest BCUT2D eigenvalue weighted by molar-refractivity contribution is 0.0354. The van der Waals surface area contributed by atoms with Gasteiger partial charge in [0.05, 0.1) is 0 Å². The average Bonchev–Trinajstić information content (AvgIpc) is 2.27. The topological polar surface area (TPSA) is 21.3 Å². The van der Waals surface area contributed by atoms with Gasteiger partial charge in [-0.25, -0.2) is 0 Å². The van der Waals surface area contributed by atoms with Gasteiger partial charge in [0.2, 0.25) is 0 Å². The first-order valence-corrected chi connectivity index (χ1v) is 7.14. The monoisotopic (exact) mass is 241 g/mol. The van der Waals surface area contributed by atoms with Gasteiger partial charge in [-0.3, -0.25) is 0 Å². The highest BCUT2D eigenvalue weighted by Crippen LogP contribution is 2.42. The van der Waals surface area contributed by atoms with E-state index >= 15 is 0 Å². The van der Waals surface area contributed by atoms with Gasteiger partial charge >= 0.3 is 0 Å². The van der Waals surface area contributed by atoms with Crippen molar-refractivity contribution in [2.75, 3.05) is 20.3 Å². The fourth-order valence-electron chi connectivity index (χ4n) is 2.97. The van der Waals surface area contributed by atoms with Crippen molar-refractivity contribution in [3.8, 4) is 0 Å². The van der Waals surface area contributed by atoms with E-state index in [1.165, 1.54) is 32.1 Å². The van der Waals surface area contributed by atoms with E-state index in [4.69, 9.17) is 4.74 Å². The third kappa shape index (κ3) is 4.59. The van der Waals surface area contributed by atoms with Crippen LogP contribution in [0, 0.1) is 11.3 Å². The van der Waals surface area contributed by atoms with Gasteiger partial charge in [0.15, 0.2) is 0 Å². The van der Waals surface area contributed by atoms with E-state index in [0.29, 0.717) is 11.3 Å². The summed E-state index contributed by atoms with van der Waals surface area (Å²) in [4.78, 5) is 0. The fraction of sp³-hybridized carbons (Fsp3) is 1.00. The zero-order valence-electron chi connectivity index (χ0n) is 12.4. The first-order valence-electron chi connectivity index (χ1n) is 7.14. The van der Waals surface area contributed by atoms with Crippen molar-refractivity contribution in [3.05, 3.63) is 0 Å². The van der Waals surface area contributed by atoms with Gasteiger partial charge in [0.1, 0.15) is 0 Å². The number of methoxy groups -OCH3 is 1. The fourth-order valence-corrected chi connectivity index (χ4v) is 2.97. The van der Waals surface area contributed by atoms with E-state index in [1.807, 2.05) is 7.11 Å². The third-order valence-electron chi connectivity index (χ3n) is 4.28. The van der Waals surface area contributed by atoms with Crippen LogP contribution >= 0.6 is 0 Å². The zero-order valence-corrected chi connectivity index (χ0v) is 12.4. The van der Waals surface area contributed by atoms with E-state index < -0.39 is 0 Å². The SMILES string of the molecule is COCC(C)C1(CNC(C)(C)C)CCCCC1. The average molecular weight is 241 g/mol. The first-order chi connectivity index (χ1) is 7.90. The molecule has 2 nitrogen and oxygen atoms in total. The molecule has 1 N–H and O–H groups in total. The second-order valence-electron chi connectivity index (χ2n) is 6.88. The maximum atomic E-state index is 5.39. The van der Waals surface area contributed by atoms with Crippen molar-refractivity contribution in [1.29, 1.82) is 0 Å². The lowest BCUT2D eigenvalue weighted by Crippen LogP contribution is -2.48. The molecule has 0 amide bonds. The van der Waals surface area contributed by atoms with E-state index in [0.717, 1.165) is 13.2 Å². The van der Waals surface area contributed by atoms with Gasteiger partial charge in [-0.1, -0.05) is 26.2 Å². The van der Waals surface area contributed by atoms with E-state index in [-0.39, 0.29) is 5.54 Å². The van der Waals surface area contributed by atoms with Gasteiger partial charge in [-0.05, 0) is 44.9 Å². The van der Waals surface area contributed by atoms with Gasteiger partial charge in [0, 0.05) is 25.8 Å². The molecule has 0 aliphatic heterocycles. The summed E-state index contributed by atoms with van der Waals surface area (Å²) in [5.41, 5.74) is 0.679. The minimum Gasteiger partial charge on any atom is -0.384 e. The Bertz CT molecular complexity index is 213. The van der Waals surface area contributed by atoms with Crippen LogP contribution in [-0.2, 0) is 4.74 Å². The molecule has 2 heteroatoms. The number of rotatable bonds is 5. The second-order valence-corrected chi connectivity index (χ2v) is 6.88. The molecule has 17 heavy (non-hydrogen) atoms. The smallest absolute Gasteiger partial charge is 0.0493 e. The molecule has 1 fully saturated rings. The minimum atomic E-state index is 0.219. The molecule has 1 rings (SSSR count). The number of nitrogens with one attached hydrogen (secondary N) is 1. The molecule has 1 saturated carbocycles. The molecule has 0 aromatic carbocycles. The zero-order chi connectivity index (χ0) is 12.9. The Morgan fingerprint density at radius 1 is 1.18 bits per heavy atom. The highest BCUT2D eigenvalue weighted by molar-refractivity contribution is 4.91. The number of hydrogen-bond acceptors (Lipinski definition) is 2. The number of hydrogen-bond donors (Lipinski definition) is 1. The summed E-state index contributed by atoms with van der Waals surface area (Å²) in [5.74, 6) is 0.655. The van der Waals surface area contributed by atoms with E-state index in [2.05, 4.69) is 33.0 Å². The van der Waals surface area contributed by atoms with Crippen LogP contribution < -0.4 is 5.32 Å². The summed E-state index contributed by atoms with van der Waals surface area (Å²) >= 11 is 0. The standard InChI is InChI=1S/C15H31NO/c1-13(11-17-5)15(9-7-6-8-10-15)12-16-14(2,3)4/h13,16H,6-12H2,1-5H3. The van der Waals surface area contributed by atoms with Crippen molar-refractivity contribution >= 4 is 0 Å². The molecule has 1 unspecified atom stereocenters. The normalized spacial score (nSPS) is 22.4. The molecule has 0 bridgehead atoms. The second kappa shape index (κ2) is 6.19. The summed E-state index contributed by atoms with van der Waals surface area (Å²) in [6.45, 7) is 11.2. The Kier molecular flexibility index (Phi) is 5.46. The van der Waals surface area contributed by atoms with Gasteiger partial charge in [0.25, 0.3) is 0 Å². The highest BCUT2D eigenvalue weighted by atomic mass is 16.5. The molecule has 1 aliphatic carbocycles. The minimum absolute atomic E-state index is 0.219. The molecule has 0 aromatic rings. The van der Waals surface area contributed by atoms with Gasteiger partial charge in [-0.2, -0.15) is 0 Å². The van der Waals surface area contributed by atoms with E-state index in [1.54, 1.807) is 0 Å². The molecular formula is C15H31NO. The van der Waals surface area contributed by atoms with Gasteiger partial charge < -0.3 is 10.1 Å². The van der Waals surface area contributed by atoms with Crippen LogP contribution in [0.5, 0.6) is 0 Å². The quantitative estimate of drug-likeness (QED) is 0.794. The third-order valence-corrected chi connectivity index (χ3v) is 4.28. The predicted octanol–water partition coefficient (Wildman–Crippen LogP) is 3.61. The van der Waals surface area contributed by atoms with Crippen molar-refractivity contribution in [2.45, 2.75) is 65.3 Å². The van der Waals surface area contributed by atoms with Crippen LogP contribution in [0.2, 0.25) is 0 Å². The van der Waals surface area contributed by atoms with Crippen molar-refractivity contribution in [3.63, 3.8) is 0 Å². The molecule has 0 spiro atoms. The Morgan fingerprint density at radius 3 is 2.24 bits per heavy atom. The van der Waals surface area contributed by atoms with Crippen LogP contribution in [0.3, 0.4) is 0 Å². The molecular weight excluding hydrogens is 210 g/mol.